The highest BCUT2D eigenvalue weighted by molar-refractivity contribution is 7.92. The van der Waals surface area contributed by atoms with Crippen molar-refractivity contribution in [3.05, 3.63) is 42.0 Å². The van der Waals surface area contributed by atoms with Crippen LogP contribution in [0.1, 0.15) is 5.56 Å². The van der Waals surface area contributed by atoms with Crippen molar-refractivity contribution in [3.63, 3.8) is 0 Å². The third-order valence-electron chi connectivity index (χ3n) is 2.42. The molecule has 2 rings (SSSR count). The number of nitrogens with one attached hydrogen (secondary N) is 2. The van der Waals surface area contributed by atoms with Crippen LogP contribution in [0, 0.1) is 0 Å². The van der Waals surface area contributed by atoms with Crippen molar-refractivity contribution < 1.29 is 21.6 Å². The maximum absolute atomic E-state index is 12.6. The van der Waals surface area contributed by atoms with Crippen LogP contribution in [-0.4, -0.2) is 24.9 Å². The van der Waals surface area contributed by atoms with Crippen LogP contribution in [0.3, 0.4) is 0 Å². The average molecular weight is 332 g/mol. The molecule has 0 aliphatic heterocycles. The summed E-state index contributed by atoms with van der Waals surface area (Å²) in [7, 11) is -3.47. The summed E-state index contributed by atoms with van der Waals surface area (Å²) in [6, 6.07) is 7.32. The average Bonchev–Trinajstić information content (AvgIpc) is 2.39. The number of nitrogens with zero attached hydrogens (tertiary/aromatic N) is 2. The Morgan fingerprint density at radius 3 is 2.23 bits per heavy atom. The van der Waals surface area contributed by atoms with Crippen LogP contribution in [0.25, 0.3) is 0 Å². The molecule has 0 saturated heterocycles. The number of alkyl halides is 3. The lowest BCUT2D eigenvalue weighted by Gasteiger charge is -2.10. The molecule has 1 aromatic heterocycles. The van der Waals surface area contributed by atoms with E-state index in [1.807, 2.05) is 0 Å². The second-order valence-electron chi connectivity index (χ2n) is 4.38. The van der Waals surface area contributed by atoms with E-state index < -0.39 is 21.8 Å². The van der Waals surface area contributed by atoms with E-state index in [2.05, 4.69) is 20.2 Å². The van der Waals surface area contributed by atoms with Crippen molar-refractivity contribution in [1.82, 2.24) is 10.2 Å². The summed E-state index contributed by atoms with van der Waals surface area (Å²) < 4.78 is 61.9. The number of sulfonamides is 1. The van der Waals surface area contributed by atoms with Gasteiger partial charge in [0.15, 0.2) is 11.6 Å². The van der Waals surface area contributed by atoms with Crippen LogP contribution in [0.4, 0.5) is 30.5 Å². The second-order valence-corrected chi connectivity index (χ2v) is 6.13. The summed E-state index contributed by atoms with van der Waals surface area (Å²) in [6.45, 7) is 0. The molecule has 6 nitrogen and oxygen atoms in total. The molecule has 0 aliphatic rings. The van der Waals surface area contributed by atoms with E-state index in [0.717, 1.165) is 18.4 Å². The van der Waals surface area contributed by atoms with Crippen molar-refractivity contribution in [1.29, 1.82) is 0 Å². The number of aromatic nitrogens is 2. The molecule has 10 heteroatoms. The molecule has 0 radical (unpaired) electrons. The first-order valence-corrected chi connectivity index (χ1v) is 7.78. The van der Waals surface area contributed by atoms with Gasteiger partial charge in [0.2, 0.25) is 10.0 Å². The first-order valence-electron chi connectivity index (χ1n) is 5.89. The summed E-state index contributed by atoms with van der Waals surface area (Å²) >= 11 is 0. The van der Waals surface area contributed by atoms with Crippen LogP contribution in [-0.2, 0) is 16.2 Å². The first-order chi connectivity index (χ1) is 10.1. The molecule has 0 bridgehead atoms. The number of rotatable bonds is 4. The number of hydrogen-bond acceptors (Lipinski definition) is 5. The van der Waals surface area contributed by atoms with E-state index in [1.165, 1.54) is 24.3 Å². The fourth-order valence-corrected chi connectivity index (χ4v) is 2.05. The Morgan fingerprint density at radius 2 is 1.68 bits per heavy atom. The van der Waals surface area contributed by atoms with Crippen LogP contribution in [0.15, 0.2) is 36.4 Å². The van der Waals surface area contributed by atoms with Crippen molar-refractivity contribution in [2.24, 2.45) is 0 Å². The molecule has 0 spiro atoms. The number of anilines is 3. The molecule has 118 valence electrons. The highest BCUT2D eigenvalue weighted by Crippen LogP contribution is 2.31. The van der Waals surface area contributed by atoms with Gasteiger partial charge in [-0.05, 0) is 30.3 Å². The lowest BCUT2D eigenvalue weighted by molar-refractivity contribution is -0.137. The minimum absolute atomic E-state index is 0.0112. The smallest absolute Gasteiger partial charge is 0.339 e. The van der Waals surface area contributed by atoms with Crippen LogP contribution in [0.5, 0.6) is 0 Å². The van der Waals surface area contributed by atoms with Crippen LogP contribution >= 0.6 is 0 Å². The van der Waals surface area contributed by atoms with Crippen LogP contribution < -0.4 is 10.0 Å². The van der Waals surface area contributed by atoms with Gasteiger partial charge in [0.1, 0.15) is 0 Å². The Hall–Kier alpha value is -2.36. The quantitative estimate of drug-likeness (QED) is 0.899. The maximum atomic E-state index is 12.6. The van der Waals surface area contributed by atoms with E-state index in [4.69, 9.17) is 0 Å². The topological polar surface area (TPSA) is 84.0 Å². The Morgan fingerprint density at radius 1 is 1.05 bits per heavy atom. The lowest BCUT2D eigenvalue weighted by Crippen LogP contribution is -2.11. The zero-order chi connectivity index (χ0) is 16.4. The van der Waals surface area contributed by atoms with Gasteiger partial charge in [0, 0.05) is 5.69 Å². The van der Waals surface area contributed by atoms with Gasteiger partial charge in [0.05, 0.1) is 11.8 Å². The number of halogens is 3. The van der Waals surface area contributed by atoms with Crippen molar-refractivity contribution >= 4 is 27.3 Å². The highest BCUT2D eigenvalue weighted by Gasteiger charge is 2.30. The van der Waals surface area contributed by atoms with Gasteiger partial charge in [-0.3, -0.25) is 4.72 Å². The summed E-state index contributed by atoms with van der Waals surface area (Å²) in [4.78, 5) is 0. The molecule has 0 amide bonds. The van der Waals surface area contributed by atoms with Gasteiger partial charge in [-0.2, -0.15) is 13.2 Å². The summed E-state index contributed by atoms with van der Waals surface area (Å²) in [5.74, 6) is 0.190. The third-order valence-corrected chi connectivity index (χ3v) is 3.00. The summed E-state index contributed by atoms with van der Waals surface area (Å²) in [6.07, 6.45) is -3.48. The Labute approximate surface area is 124 Å². The van der Waals surface area contributed by atoms with Crippen molar-refractivity contribution in [2.75, 3.05) is 16.3 Å². The van der Waals surface area contributed by atoms with E-state index in [1.54, 1.807) is 0 Å². The molecule has 0 unspecified atom stereocenters. The van der Waals surface area contributed by atoms with E-state index >= 15 is 0 Å². The first kappa shape index (κ1) is 16.0. The zero-order valence-electron chi connectivity index (χ0n) is 11.2. The number of benzene rings is 1. The summed E-state index contributed by atoms with van der Waals surface area (Å²) in [5, 5.41) is 9.94. The maximum Gasteiger partial charge on any atom is 0.416 e. The molecular weight excluding hydrogens is 321 g/mol. The fraction of sp³-hybridized carbons (Fsp3) is 0.167. The van der Waals surface area contributed by atoms with E-state index in [9.17, 15) is 21.6 Å². The van der Waals surface area contributed by atoms with E-state index in [0.29, 0.717) is 0 Å². The standard InChI is InChI=1S/C12H11F3N4O2S/c1-22(20,21)19-11-6-5-10(17-18-11)16-9-4-2-3-8(7-9)12(13,14)15/h2-7H,1H3,(H,16,17)(H,18,19). The Kier molecular flexibility index (Phi) is 4.22. The van der Waals surface area contributed by atoms with E-state index in [-0.39, 0.29) is 17.3 Å². The molecule has 1 aromatic carbocycles. The van der Waals surface area contributed by atoms with Crippen LogP contribution in [0.2, 0.25) is 0 Å². The molecule has 0 atom stereocenters. The molecule has 2 N–H and O–H groups in total. The highest BCUT2D eigenvalue weighted by atomic mass is 32.2. The van der Waals surface area contributed by atoms with Gasteiger partial charge < -0.3 is 5.32 Å². The Bertz CT molecular complexity index is 761. The Balaban J connectivity index is 2.14. The number of hydrogen-bond donors (Lipinski definition) is 2. The normalized spacial score (nSPS) is 12.0. The monoisotopic (exact) mass is 332 g/mol. The third kappa shape index (κ3) is 4.58. The minimum Gasteiger partial charge on any atom is -0.339 e. The predicted molar refractivity (Wildman–Crippen MR) is 75.2 cm³/mol. The van der Waals surface area contributed by atoms with Crippen molar-refractivity contribution in [2.45, 2.75) is 6.18 Å². The van der Waals surface area contributed by atoms with Gasteiger partial charge in [0.25, 0.3) is 0 Å². The predicted octanol–water partition coefficient (Wildman–Crippen LogP) is 2.61. The molecule has 22 heavy (non-hydrogen) atoms. The molecule has 0 saturated carbocycles. The second kappa shape index (κ2) is 5.79. The largest absolute Gasteiger partial charge is 0.416 e. The summed E-state index contributed by atoms with van der Waals surface area (Å²) in [5.41, 5.74) is -0.603. The molecule has 0 aliphatic carbocycles. The molecule has 1 heterocycles. The van der Waals surface area contributed by atoms with Gasteiger partial charge >= 0.3 is 6.18 Å². The zero-order valence-corrected chi connectivity index (χ0v) is 12.0. The molecule has 2 aromatic rings. The minimum atomic E-state index is -4.44. The fourth-order valence-electron chi connectivity index (χ4n) is 1.56. The SMILES string of the molecule is CS(=O)(=O)Nc1ccc(Nc2cccc(C(F)(F)F)c2)nn1. The molecule has 0 fully saturated rings. The van der Waals surface area contributed by atoms with Gasteiger partial charge in [-0.1, -0.05) is 6.07 Å². The lowest BCUT2D eigenvalue weighted by atomic mass is 10.2. The van der Waals surface area contributed by atoms with Gasteiger partial charge in [-0.15, -0.1) is 10.2 Å². The van der Waals surface area contributed by atoms with Crippen molar-refractivity contribution in [3.8, 4) is 0 Å². The van der Waals surface area contributed by atoms with Gasteiger partial charge in [-0.25, -0.2) is 8.42 Å². The molecular formula is C12H11F3N4O2S.